The molecular formula is C8H16N2O. The average Bonchev–Trinajstić information content (AvgIpc) is 2.72. The van der Waals surface area contributed by atoms with E-state index < -0.39 is 0 Å². The van der Waals surface area contributed by atoms with Gasteiger partial charge in [-0.1, -0.05) is 0 Å². The zero-order valence-electron chi connectivity index (χ0n) is 7.05. The predicted octanol–water partition coefficient (Wildman–Crippen LogP) is 0.204. The number of nitrogens with two attached hydrogens (primary N) is 1. The van der Waals surface area contributed by atoms with E-state index in [2.05, 4.69) is 0 Å². The summed E-state index contributed by atoms with van der Waals surface area (Å²) >= 11 is 0. The van der Waals surface area contributed by atoms with Crippen LogP contribution in [-0.2, 0) is 4.79 Å². The highest BCUT2D eigenvalue weighted by Crippen LogP contribution is 2.29. The standard InChI is InChI=1S/C8H16N2O/c1-10(6-7-2-3-7)8(11)4-5-9/h7H,2-6,9H2,1H3. The van der Waals surface area contributed by atoms with Gasteiger partial charge >= 0.3 is 0 Å². The van der Waals surface area contributed by atoms with Crippen molar-refractivity contribution in [2.75, 3.05) is 20.1 Å². The van der Waals surface area contributed by atoms with Crippen LogP contribution in [0.25, 0.3) is 0 Å². The molecule has 0 heterocycles. The number of rotatable bonds is 4. The second kappa shape index (κ2) is 3.72. The van der Waals surface area contributed by atoms with Crippen molar-refractivity contribution < 1.29 is 4.79 Å². The van der Waals surface area contributed by atoms with E-state index in [1.807, 2.05) is 7.05 Å². The lowest BCUT2D eigenvalue weighted by molar-refractivity contribution is -0.129. The molecule has 0 saturated heterocycles. The number of carbonyl (C=O) groups excluding carboxylic acids is 1. The monoisotopic (exact) mass is 156 g/mol. The summed E-state index contributed by atoms with van der Waals surface area (Å²) in [6.45, 7) is 1.40. The Hall–Kier alpha value is -0.570. The van der Waals surface area contributed by atoms with Crippen LogP contribution < -0.4 is 5.73 Å². The topological polar surface area (TPSA) is 46.3 Å². The predicted molar refractivity (Wildman–Crippen MR) is 44.0 cm³/mol. The summed E-state index contributed by atoms with van der Waals surface area (Å²) < 4.78 is 0. The lowest BCUT2D eigenvalue weighted by Crippen LogP contribution is -2.30. The number of hydrogen-bond donors (Lipinski definition) is 1. The molecule has 1 amide bonds. The molecule has 0 aromatic heterocycles. The summed E-state index contributed by atoms with van der Waals surface area (Å²) in [5.41, 5.74) is 5.27. The fraction of sp³-hybridized carbons (Fsp3) is 0.875. The molecule has 64 valence electrons. The number of carbonyl (C=O) groups is 1. The minimum absolute atomic E-state index is 0.180. The van der Waals surface area contributed by atoms with Crippen LogP contribution in [0, 0.1) is 5.92 Å². The SMILES string of the molecule is CN(CC1CC1)C(=O)CCN. The molecule has 3 heteroatoms. The van der Waals surface area contributed by atoms with Gasteiger partial charge in [0.25, 0.3) is 0 Å². The zero-order chi connectivity index (χ0) is 8.27. The highest BCUT2D eigenvalue weighted by molar-refractivity contribution is 5.76. The smallest absolute Gasteiger partial charge is 0.223 e. The zero-order valence-corrected chi connectivity index (χ0v) is 7.05. The summed E-state index contributed by atoms with van der Waals surface area (Å²) in [6, 6.07) is 0. The van der Waals surface area contributed by atoms with Crippen LogP contribution in [0.4, 0.5) is 0 Å². The molecule has 1 rings (SSSR count). The first-order chi connectivity index (χ1) is 5.24. The minimum Gasteiger partial charge on any atom is -0.345 e. The maximum atomic E-state index is 11.2. The van der Waals surface area contributed by atoms with E-state index in [1.54, 1.807) is 4.90 Å². The Labute approximate surface area is 67.5 Å². The van der Waals surface area contributed by atoms with Gasteiger partial charge in [-0.15, -0.1) is 0 Å². The molecule has 0 radical (unpaired) electrons. The minimum atomic E-state index is 0.180. The second-order valence-corrected chi connectivity index (χ2v) is 3.26. The maximum Gasteiger partial charge on any atom is 0.223 e. The summed E-state index contributed by atoms with van der Waals surface area (Å²) in [5, 5.41) is 0. The van der Waals surface area contributed by atoms with E-state index in [0.717, 1.165) is 12.5 Å². The molecule has 11 heavy (non-hydrogen) atoms. The average molecular weight is 156 g/mol. The van der Waals surface area contributed by atoms with E-state index in [0.29, 0.717) is 13.0 Å². The first-order valence-corrected chi connectivity index (χ1v) is 4.18. The van der Waals surface area contributed by atoms with Crippen LogP contribution in [0.2, 0.25) is 0 Å². The first kappa shape index (κ1) is 8.53. The van der Waals surface area contributed by atoms with Gasteiger partial charge < -0.3 is 10.6 Å². The number of hydrogen-bond acceptors (Lipinski definition) is 2. The summed E-state index contributed by atoms with van der Waals surface area (Å²) in [7, 11) is 1.86. The van der Waals surface area contributed by atoms with E-state index in [-0.39, 0.29) is 5.91 Å². The van der Waals surface area contributed by atoms with Gasteiger partial charge in [0.2, 0.25) is 5.91 Å². The molecule has 1 fully saturated rings. The van der Waals surface area contributed by atoms with E-state index in [9.17, 15) is 4.79 Å². The van der Waals surface area contributed by atoms with Crippen LogP contribution >= 0.6 is 0 Å². The first-order valence-electron chi connectivity index (χ1n) is 4.18. The molecule has 1 aliphatic carbocycles. The Bertz CT molecular complexity index is 143. The van der Waals surface area contributed by atoms with Crippen molar-refractivity contribution in [3.8, 4) is 0 Å². The third-order valence-electron chi connectivity index (χ3n) is 2.01. The van der Waals surface area contributed by atoms with E-state index in [1.165, 1.54) is 12.8 Å². The lowest BCUT2D eigenvalue weighted by atomic mass is 10.3. The van der Waals surface area contributed by atoms with Crippen molar-refractivity contribution in [3.05, 3.63) is 0 Å². The summed E-state index contributed by atoms with van der Waals surface area (Å²) in [5.74, 6) is 0.959. The third-order valence-corrected chi connectivity index (χ3v) is 2.01. The number of amides is 1. The summed E-state index contributed by atoms with van der Waals surface area (Å²) in [4.78, 5) is 12.9. The van der Waals surface area contributed by atoms with Crippen LogP contribution in [0.3, 0.4) is 0 Å². The van der Waals surface area contributed by atoms with Crippen LogP contribution in [0.15, 0.2) is 0 Å². The van der Waals surface area contributed by atoms with Crippen LogP contribution in [0.5, 0.6) is 0 Å². The van der Waals surface area contributed by atoms with Gasteiger partial charge in [-0.05, 0) is 18.8 Å². The highest BCUT2D eigenvalue weighted by Gasteiger charge is 2.24. The normalized spacial score (nSPS) is 16.5. The van der Waals surface area contributed by atoms with Crippen molar-refractivity contribution >= 4 is 5.91 Å². The molecule has 0 bridgehead atoms. The molecule has 0 unspecified atom stereocenters. The van der Waals surface area contributed by atoms with E-state index >= 15 is 0 Å². The van der Waals surface area contributed by atoms with E-state index in [4.69, 9.17) is 5.73 Å². The second-order valence-electron chi connectivity index (χ2n) is 3.26. The molecule has 1 aliphatic rings. The van der Waals surface area contributed by atoms with Crippen LogP contribution in [-0.4, -0.2) is 30.9 Å². The Morgan fingerprint density at radius 2 is 2.27 bits per heavy atom. The van der Waals surface area contributed by atoms with Gasteiger partial charge in [-0.25, -0.2) is 0 Å². The van der Waals surface area contributed by atoms with Crippen molar-refractivity contribution in [1.29, 1.82) is 0 Å². The van der Waals surface area contributed by atoms with Gasteiger partial charge in [0.05, 0.1) is 0 Å². The van der Waals surface area contributed by atoms with Crippen molar-refractivity contribution in [2.45, 2.75) is 19.3 Å². The van der Waals surface area contributed by atoms with Crippen molar-refractivity contribution in [1.82, 2.24) is 4.90 Å². The van der Waals surface area contributed by atoms with Gasteiger partial charge in [0.15, 0.2) is 0 Å². The summed E-state index contributed by atoms with van der Waals surface area (Å²) in [6.07, 6.45) is 3.07. The molecule has 0 aliphatic heterocycles. The molecular weight excluding hydrogens is 140 g/mol. The molecule has 0 spiro atoms. The Morgan fingerprint density at radius 3 is 2.73 bits per heavy atom. The Kier molecular flexibility index (Phi) is 2.88. The number of nitrogens with zero attached hydrogens (tertiary/aromatic N) is 1. The fourth-order valence-corrected chi connectivity index (χ4v) is 1.10. The molecule has 0 aromatic carbocycles. The largest absolute Gasteiger partial charge is 0.345 e. The Balaban J connectivity index is 2.15. The van der Waals surface area contributed by atoms with Gasteiger partial charge in [0.1, 0.15) is 0 Å². The molecule has 1 saturated carbocycles. The molecule has 2 N–H and O–H groups in total. The fourth-order valence-electron chi connectivity index (χ4n) is 1.10. The Morgan fingerprint density at radius 1 is 1.64 bits per heavy atom. The molecule has 0 aromatic rings. The van der Waals surface area contributed by atoms with Gasteiger partial charge in [-0.2, -0.15) is 0 Å². The van der Waals surface area contributed by atoms with Crippen molar-refractivity contribution in [3.63, 3.8) is 0 Å². The highest BCUT2D eigenvalue weighted by atomic mass is 16.2. The van der Waals surface area contributed by atoms with Gasteiger partial charge in [-0.3, -0.25) is 4.79 Å². The quantitative estimate of drug-likeness (QED) is 0.632. The molecule has 0 atom stereocenters. The maximum absolute atomic E-state index is 11.2. The van der Waals surface area contributed by atoms with Crippen molar-refractivity contribution in [2.24, 2.45) is 11.7 Å². The molecule has 3 nitrogen and oxygen atoms in total. The third kappa shape index (κ3) is 2.89. The van der Waals surface area contributed by atoms with Gasteiger partial charge in [0, 0.05) is 26.6 Å². The lowest BCUT2D eigenvalue weighted by Gasteiger charge is -2.15. The van der Waals surface area contributed by atoms with Crippen LogP contribution in [0.1, 0.15) is 19.3 Å².